The van der Waals surface area contributed by atoms with Crippen LogP contribution in [0.15, 0.2) is 16.9 Å². The molecule has 10 heavy (non-hydrogen) atoms. The lowest BCUT2D eigenvalue weighted by Gasteiger charge is -2.22. The van der Waals surface area contributed by atoms with Crippen LogP contribution < -0.4 is 10.9 Å². The summed E-state index contributed by atoms with van der Waals surface area (Å²) in [7, 11) is 2.09. The molecule has 4 nitrogen and oxygen atoms in total. The van der Waals surface area contributed by atoms with Gasteiger partial charge in [0.05, 0.1) is 12.7 Å². The van der Waals surface area contributed by atoms with Crippen molar-refractivity contribution in [3.05, 3.63) is 11.8 Å². The molecule has 2 rings (SSSR count). The van der Waals surface area contributed by atoms with Crippen LogP contribution in [0.4, 0.5) is 0 Å². The zero-order valence-electron chi connectivity index (χ0n) is 6.18. The van der Waals surface area contributed by atoms with Crippen LogP contribution in [-0.4, -0.2) is 24.1 Å². The molecule has 0 saturated heterocycles. The molecule has 2 aliphatic heterocycles. The first-order chi connectivity index (χ1) is 4.71. The Labute approximate surface area is 59.8 Å². The molecule has 54 valence electrons. The van der Waals surface area contributed by atoms with Crippen LogP contribution in [0.5, 0.6) is 0 Å². The number of nitrogens with zero attached hydrogens (tertiary/aromatic N) is 2. The minimum absolute atomic E-state index is 0.700. The van der Waals surface area contributed by atoms with Gasteiger partial charge in [0.15, 0.2) is 6.67 Å². The fourth-order valence-electron chi connectivity index (χ4n) is 1.34. The Hall–Kier alpha value is -1.03. The Morgan fingerprint density at radius 3 is 3.20 bits per heavy atom. The third-order valence-corrected chi connectivity index (χ3v) is 1.85. The molecule has 2 N–H and O–H groups in total. The van der Waals surface area contributed by atoms with E-state index in [9.17, 15) is 0 Å². The quantitative estimate of drug-likeness (QED) is 0.453. The molecule has 0 spiro atoms. The second kappa shape index (κ2) is 1.52. The predicted molar refractivity (Wildman–Crippen MR) is 38.5 cm³/mol. The predicted octanol–water partition coefficient (Wildman–Crippen LogP) is -0.271. The minimum Gasteiger partial charge on any atom is -0.252 e. The molecule has 1 unspecified atom stereocenters. The summed E-state index contributed by atoms with van der Waals surface area (Å²) in [6.07, 6.45) is 2.06. The van der Waals surface area contributed by atoms with Gasteiger partial charge in [-0.25, -0.2) is 5.43 Å². The van der Waals surface area contributed by atoms with Crippen LogP contribution in [0.3, 0.4) is 0 Å². The topological polar surface area (TPSA) is 36.4 Å². The number of rotatable bonds is 0. The zero-order chi connectivity index (χ0) is 7.19. The van der Waals surface area contributed by atoms with Crippen molar-refractivity contribution < 1.29 is 4.59 Å². The first-order valence-corrected chi connectivity index (χ1v) is 3.34. The van der Waals surface area contributed by atoms with Crippen LogP contribution in [0.25, 0.3) is 0 Å². The molecule has 0 aliphatic carbocycles. The number of quaternary nitrogens is 1. The van der Waals surface area contributed by atoms with E-state index in [0.29, 0.717) is 4.59 Å². The molecule has 0 saturated carbocycles. The van der Waals surface area contributed by atoms with Crippen molar-refractivity contribution in [2.45, 2.75) is 6.92 Å². The SMILES string of the molecule is CC1=CC2=NNC[N+]2(C)N1. The lowest BCUT2D eigenvalue weighted by molar-refractivity contribution is -0.854. The summed E-state index contributed by atoms with van der Waals surface area (Å²) in [6.45, 7) is 2.88. The first-order valence-electron chi connectivity index (χ1n) is 3.34. The Balaban J connectivity index is 2.38. The summed E-state index contributed by atoms with van der Waals surface area (Å²) in [5.74, 6) is 1.07. The van der Waals surface area contributed by atoms with Crippen LogP contribution >= 0.6 is 0 Å². The van der Waals surface area contributed by atoms with Crippen molar-refractivity contribution in [3.63, 3.8) is 0 Å². The van der Waals surface area contributed by atoms with Gasteiger partial charge in [0.25, 0.3) is 5.84 Å². The molecule has 0 aromatic heterocycles. The summed E-state index contributed by atoms with van der Waals surface area (Å²) < 4.78 is 0.700. The minimum atomic E-state index is 0.700. The van der Waals surface area contributed by atoms with E-state index in [1.165, 1.54) is 5.70 Å². The molecular weight excluding hydrogens is 128 g/mol. The van der Waals surface area contributed by atoms with Crippen LogP contribution in [0, 0.1) is 0 Å². The molecule has 2 aliphatic rings. The molecule has 0 bridgehead atoms. The first kappa shape index (κ1) is 5.73. The average molecular weight is 139 g/mol. The lowest BCUT2D eigenvalue weighted by atomic mass is 10.4. The molecule has 0 aromatic rings. The van der Waals surface area contributed by atoms with Gasteiger partial charge in [-0.15, -0.1) is 5.10 Å². The van der Waals surface area contributed by atoms with Crippen molar-refractivity contribution in [2.24, 2.45) is 5.10 Å². The Kier molecular flexibility index (Phi) is 0.870. The van der Waals surface area contributed by atoms with Crippen molar-refractivity contribution in [1.82, 2.24) is 10.9 Å². The maximum atomic E-state index is 4.12. The Morgan fingerprint density at radius 2 is 2.50 bits per heavy atom. The number of fused-ring (bicyclic) bond motifs is 1. The summed E-state index contributed by atoms with van der Waals surface area (Å²) in [6, 6.07) is 0. The van der Waals surface area contributed by atoms with Gasteiger partial charge in [-0.3, -0.25) is 5.43 Å². The van der Waals surface area contributed by atoms with Crippen LogP contribution in [-0.2, 0) is 0 Å². The second-order valence-corrected chi connectivity index (χ2v) is 2.92. The van der Waals surface area contributed by atoms with E-state index in [1.807, 2.05) is 6.92 Å². The van der Waals surface area contributed by atoms with Crippen LogP contribution in [0.1, 0.15) is 6.92 Å². The molecular formula is C6H11N4+. The highest BCUT2D eigenvalue weighted by atomic mass is 15.8. The molecule has 1 atom stereocenters. The Bertz CT molecular complexity index is 230. The number of hydrogen-bond acceptors (Lipinski definition) is 3. The standard InChI is InChI=1S/C6H11N4/c1-5-3-6-8-7-4-10(6,2)9-5/h3,7,9H,4H2,1-2H3/q+1. The smallest absolute Gasteiger partial charge is 0.252 e. The highest BCUT2D eigenvalue weighted by Gasteiger charge is 2.37. The van der Waals surface area contributed by atoms with Crippen molar-refractivity contribution in [1.29, 1.82) is 0 Å². The van der Waals surface area contributed by atoms with E-state index in [2.05, 4.69) is 29.1 Å². The second-order valence-electron chi connectivity index (χ2n) is 2.92. The van der Waals surface area contributed by atoms with Gasteiger partial charge in [0, 0.05) is 6.08 Å². The summed E-state index contributed by atoms with van der Waals surface area (Å²) >= 11 is 0. The van der Waals surface area contributed by atoms with E-state index in [-0.39, 0.29) is 0 Å². The van der Waals surface area contributed by atoms with E-state index >= 15 is 0 Å². The highest BCUT2D eigenvalue weighted by Crippen LogP contribution is 2.14. The molecule has 0 radical (unpaired) electrons. The molecule has 0 amide bonds. The number of hydrogen-bond donors (Lipinski definition) is 2. The van der Waals surface area contributed by atoms with Gasteiger partial charge in [0.1, 0.15) is 0 Å². The van der Waals surface area contributed by atoms with E-state index in [0.717, 1.165) is 12.5 Å². The maximum absolute atomic E-state index is 4.12. The third-order valence-electron chi connectivity index (χ3n) is 1.85. The zero-order valence-corrected chi connectivity index (χ0v) is 6.18. The fraction of sp³-hybridized carbons (Fsp3) is 0.500. The highest BCUT2D eigenvalue weighted by molar-refractivity contribution is 5.89. The summed E-state index contributed by atoms with van der Waals surface area (Å²) in [5.41, 5.74) is 7.42. The number of nitrogens with one attached hydrogen (secondary N) is 2. The number of amidine groups is 1. The molecule has 0 fully saturated rings. The maximum Gasteiger partial charge on any atom is 0.272 e. The van der Waals surface area contributed by atoms with Gasteiger partial charge >= 0.3 is 0 Å². The van der Waals surface area contributed by atoms with E-state index in [4.69, 9.17) is 0 Å². The van der Waals surface area contributed by atoms with Crippen LogP contribution in [0.2, 0.25) is 0 Å². The largest absolute Gasteiger partial charge is 0.272 e. The van der Waals surface area contributed by atoms with Crippen molar-refractivity contribution in [3.8, 4) is 0 Å². The summed E-state index contributed by atoms with van der Waals surface area (Å²) in [5, 5.41) is 4.12. The van der Waals surface area contributed by atoms with Gasteiger partial charge in [-0.1, -0.05) is 0 Å². The average Bonchev–Trinajstić information content (AvgIpc) is 2.20. The van der Waals surface area contributed by atoms with E-state index < -0.39 is 0 Å². The number of hydrazone groups is 1. The van der Waals surface area contributed by atoms with Crippen molar-refractivity contribution >= 4 is 5.84 Å². The van der Waals surface area contributed by atoms with Crippen molar-refractivity contribution in [2.75, 3.05) is 13.7 Å². The fourth-order valence-corrected chi connectivity index (χ4v) is 1.34. The van der Waals surface area contributed by atoms with E-state index in [1.54, 1.807) is 0 Å². The molecule has 4 heteroatoms. The normalized spacial score (nSPS) is 35.8. The van der Waals surface area contributed by atoms with Gasteiger partial charge < -0.3 is 0 Å². The third kappa shape index (κ3) is 0.565. The molecule has 0 aromatic carbocycles. The lowest BCUT2D eigenvalue weighted by Crippen LogP contribution is -2.53. The summed E-state index contributed by atoms with van der Waals surface area (Å²) in [4.78, 5) is 0. The molecule has 2 heterocycles. The van der Waals surface area contributed by atoms with Gasteiger partial charge in [-0.2, -0.15) is 4.59 Å². The van der Waals surface area contributed by atoms with Gasteiger partial charge in [0.2, 0.25) is 0 Å². The van der Waals surface area contributed by atoms with Gasteiger partial charge in [-0.05, 0) is 6.92 Å². The Morgan fingerprint density at radius 1 is 1.70 bits per heavy atom. The number of likely N-dealkylation sites (N-methyl/N-ethyl adjacent to an activating group) is 1. The monoisotopic (exact) mass is 139 g/mol. The number of allylic oxidation sites excluding steroid dienone is 1.